The summed E-state index contributed by atoms with van der Waals surface area (Å²) in [6.45, 7) is 0. The van der Waals surface area contributed by atoms with Crippen LogP contribution in [0.15, 0.2) is 10.7 Å². The van der Waals surface area contributed by atoms with Crippen molar-refractivity contribution in [2.45, 2.75) is 6.43 Å². The van der Waals surface area contributed by atoms with Gasteiger partial charge in [0, 0.05) is 6.07 Å². The smallest absolute Gasteiger partial charge is 0.282 e. The first-order valence-electron chi connectivity index (χ1n) is 3.24. The van der Waals surface area contributed by atoms with Gasteiger partial charge in [-0.3, -0.25) is 0 Å². The lowest BCUT2D eigenvalue weighted by Crippen LogP contribution is -1.95. The Kier molecular flexibility index (Phi) is 3.44. The monoisotopic (exact) mass is 271 g/mol. The molecule has 0 aliphatic rings. The number of hydrogen-bond donors (Lipinski definition) is 0. The van der Waals surface area contributed by atoms with Gasteiger partial charge in [-0.05, 0) is 15.9 Å². The van der Waals surface area contributed by atoms with Crippen LogP contribution in [0.25, 0.3) is 0 Å². The molecule has 0 aromatic carbocycles. The lowest BCUT2D eigenvalue weighted by molar-refractivity contribution is 0.145. The van der Waals surface area contributed by atoms with E-state index in [1.165, 1.54) is 13.2 Å². The van der Waals surface area contributed by atoms with Crippen LogP contribution in [0.1, 0.15) is 12.1 Å². The second-order valence-corrected chi connectivity index (χ2v) is 3.34. The summed E-state index contributed by atoms with van der Waals surface area (Å²) in [6.07, 6.45) is -2.71. The van der Waals surface area contributed by atoms with Gasteiger partial charge in [-0.25, -0.2) is 13.8 Å². The van der Waals surface area contributed by atoms with E-state index in [-0.39, 0.29) is 15.4 Å². The average Bonchev–Trinajstić information content (AvgIpc) is 2.08. The Labute approximate surface area is 87.0 Å². The van der Waals surface area contributed by atoms with Gasteiger partial charge in [0.2, 0.25) is 0 Å². The highest BCUT2D eigenvalue weighted by Gasteiger charge is 2.18. The summed E-state index contributed by atoms with van der Waals surface area (Å²) in [4.78, 5) is 3.54. The molecule has 1 heterocycles. The zero-order valence-electron chi connectivity index (χ0n) is 6.52. The number of nitrogens with zero attached hydrogens (tertiary/aromatic N) is 1. The molecule has 0 saturated carbocycles. The molecule has 6 heteroatoms. The standard InChI is InChI=1S/C7H5BrClF2NO/c1-13-3-2-4(8)12-6(5(3)9)7(10)11/h2,7H,1H3. The fraction of sp³-hybridized carbons (Fsp3) is 0.286. The van der Waals surface area contributed by atoms with Crippen LogP contribution < -0.4 is 4.74 Å². The molecule has 0 bridgehead atoms. The van der Waals surface area contributed by atoms with E-state index >= 15 is 0 Å². The summed E-state index contributed by atoms with van der Waals surface area (Å²) in [5, 5.41) is -0.152. The summed E-state index contributed by atoms with van der Waals surface area (Å²) in [5.74, 6) is 0.179. The van der Waals surface area contributed by atoms with Gasteiger partial charge in [-0.2, -0.15) is 0 Å². The number of ether oxygens (including phenoxy) is 1. The minimum Gasteiger partial charge on any atom is -0.495 e. The van der Waals surface area contributed by atoms with Crippen LogP contribution in [-0.4, -0.2) is 12.1 Å². The quantitative estimate of drug-likeness (QED) is 0.769. The molecule has 0 spiro atoms. The second kappa shape index (κ2) is 4.19. The molecule has 0 aliphatic carbocycles. The molecule has 0 aliphatic heterocycles. The average molecular weight is 272 g/mol. The Morgan fingerprint density at radius 2 is 2.23 bits per heavy atom. The molecule has 72 valence electrons. The maximum atomic E-state index is 12.3. The highest BCUT2D eigenvalue weighted by molar-refractivity contribution is 9.10. The molecule has 1 rings (SSSR count). The summed E-state index contributed by atoms with van der Waals surface area (Å²) in [7, 11) is 1.35. The van der Waals surface area contributed by atoms with E-state index < -0.39 is 12.1 Å². The second-order valence-electron chi connectivity index (χ2n) is 2.15. The fourth-order valence-electron chi connectivity index (χ4n) is 0.787. The van der Waals surface area contributed by atoms with Crippen LogP contribution in [0.2, 0.25) is 5.02 Å². The third-order valence-corrected chi connectivity index (χ3v) is 2.13. The predicted octanol–water partition coefficient (Wildman–Crippen LogP) is 3.44. The van der Waals surface area contributed by atoms with Gasteiger partial charge in [-0.15, -0.1) is 0 Å². The summed E-state index contributed by atoms with van der Waals surface area (Å²) >= 11 is 8.56. The summed E-state index contributed by atoms with van der Waals surface area (Å²) < 4.78 is 29.7. The largest absolute Gasteiger partial charge is 0.495 e. The Hall–Kier alpha value is -0.420. The number of alkyl halides is 2. The van der Waals surface area contributed by atoms with Gasteiger partial charge in [0.05, 0.1) is 7.11 Å². The normalized spacial score (nSPS) is 10.6. The number of halogens is 4. The number of rotatable bonds is 2. The molecule has 0 fully saturated rings. The van der Waals surface area contributed by atoms with E-state index in [4.69, 9.17) is 16.3 Å². The summed E-state index contributed by atoms with van der Waals surface area (Å²) in [5.41, 5.74) is -0.479. The van der Waals surface area contributed by atoms with Crippen molar-refractivity contribution in [3.8, 4) is 5.75 Å². The first-order chi connectivity index (χ1) is 6.06. The Balaban J connectivity index is 3.27. The van der Waals surface area contributed by atoms with Crippen LogP contribution >= 0.6 is 27.5 Å². The van der Waals surface area contributed by atoms with E-state index in [2.05, 4.69) is 20.9 Å². The fourth-order valence-corrected chi connectivity index (χ4v) is 1.44. The summed E-state index contributed by atoms with van der Waals surface area (Å²) in [6, 6.07) is 1.42. The third kappa shape index (κ3) is 2.28. The van der Waals surface area contributed by atoms with E-state index in [0.717, 1.165) is 0 Å². The number of aromatic nitrogens is 1. The highest BCUT2D eigenvalue weighted by Crippen LogP contribution is 2.34. The molecule has 1 aromatic rings. The molecule has 0 atom stereocenters. The Morgan fingerprint density at radius 1 is 1.62 bits per heavy atom. The first kappa shape index (κ1) is 10.7. The van der Waals surface area contributed by atoms with Gasteiger partial charge < -0.3 is 4.74 Å². The molecular formula is C7H5BrClF2NO. The van der Waals surface area contributed by atoms with Crippen LogP contribution in [-0.2, 0) is 0 Å². The van der Waals surface area contributed by atoms with Gasteiger partial charge >= 0.3 is 0 Å². The van der Waals surface area contributed by atoms with Crippen molar-refractivity contribution in [2.24, 2.45) is 0 Å². The van der Waals surface area contributed by atoms with E-state index in [1.54, 1.807) is 0 Å². The maximum absolute atomic E-state index is 12.3. The van der Waals surface area contributed by atoms with Gasteiger partial charge in [0.1, 0.15) is 21.1 Å². The van der Waals surface area contributed by atoms with E-state index in [9.17, 15) is 8.78 Å². The van der Waals surface area contributed by atoms with Crippen LogP contribution in [0, 0.1) is 0 Å². The molecule has 13 heavy (non-hydrogen) atoms. The SMILES string of the molecule is COc1cc(Br)nc(C(F)F)c1Cl. The lowest BCUT2D eigenvalue weighted by atomic mass is 10.3. The number of methoxy groups -OCH3 is 1. The van der Waals surface area contributed by atoms with Gasteiger partial charge in [0.15, 0.2) is 0 Å². The molecule has 2 nitrogen and oxygen atoms in total. The van der Waals surface area contributed by atoms with Crippen molar-refractivity contribution in [1.29, 1.82) is 0 Å². The molecular weight excluding hydrogens is 267 g/mol. The lowest BCUT2D eigenvalue weighted by Gasteiger charge is -2.07. The number of pyridine rings is 1. The van der Waals surface area contributed by atoms with Crippen LogP contribution in [0.5, 0.6) is 5.75 Å². The topological polar surface area (TPSA) is 22.1 Å². The molecule has 0 N–H and O–H groups in total. The zero-order valence-corrected chi connectivity index (χ0v) is 8.86. The van der Waals surface area contributed by atoms with Crippen molar-refractivity contribution in [1.82, 2.24) is 4.98 Å². The van der Waals surface area contributed by atoms with Crippen molar-refractivity contribution in [3.05, 3.63) is 21.4 Å². The van der Waals surface area contributed by atoms with E-state index in [1.807, 2.05) is 0 Å². The minimum absolute atomic E-state index is 0.152. The first-order valence-corrected chi connectivity index (χ1v) is 4.41. The third-order valence-electron chi connectivity index (χ3n) is 1.35. The molecule has 0 saturated heterocycles. The molecule has 1 aromatic heterocycles. The van der Waals surface area contributed by atoms with Gasteiger partial charge in [0.25, 0.3) is 6.43 Å². The Bertz CT molecular complexity index is 322. The van der Waals surface area contributed by atoms with Crippen molar-refractivity contribution < 1.29 is 13.5 Å². The van der Waals surface area contributed by atoms with Gasteiger partial charge in [-0.1, -0.05) is 11.6 Å². The van der Waals surface area contributed by atoms with Crippen LogP contribution in [0.4, 0.5) is 8.78 Å². The highest BCUT2D eigenvalue weighted by atomic mass is 79.9. The molecule has 0 unspecified atom stereocenters. The predicted molar refractivity (Wildman–Crippen MR) is 48.5 cm³/mol. The minimum atomic E-state index is -2.71. The molecule has 0 amide bonds. The Morgan fingerprint density at radius 3 is 2.69 bits per heavy atom. The maximum Gasteiger partial charge on any atom is 0.282 e. The van der Waals surface area contributed by atoms with Crippen molar-refractivity contribution >= 4 is 27.5 Å². The van der Waals surface area contributed by atoms with Crippen molar-refractivity contribution in [2.75, 3.05) is 7.11 Å². The van der Waals surface area contributed by atoms with E-state index in [0.29, 0.717) is 0 Å². The number of hydrogen-bond acceptors (Lipinski definition) is 2. The van der Waals surface area contributed by atoms with Crippen molar-refractivity contribution in [3.63, 3.8) is 0 Å². The molecule has 0 radical (unpaired) electrons. The zero-order chi connectivity index (χ0) is 10.0. The van der Waals surface area contributed by atoms with Crippen LogP contribution in [0.3, 0.4) is 0 Å².